The van der Waals surface area contributed by atoms with E-state index >= 15 is 0 Å². The van der Waals surface area contributed by atoms with Crippen molar-refractivity contribution in [1.29, 1.82) is 0 Å². The molecule has 0 aromatic rings. The van der Waals surface area contributed by atoms with Crippen molar-refractivity contribution in [1.82, 2.24) is 3.23 Å². The first kappa shape index (κ1) is 36.5. The average Bonchev–Trinajstić information content (AvgIpc) is 3.35. The molecule has 4 aliphatic carbocycles. The summed E-state index contributed by atoms with van der Waals surface area (Å²) in [5, 5.41) is 4.41. The van der Waals surface area contributed by atoms with Crippen molar-refractivity contribution in [3.8, 4) is 0 Å². The Kier molecular flexibility index (Phi) is 14.8. The Bertz CT molecular complexity index is 794. The predicted octanol–water partition coefficient (Wildman–Crippen LogP) is 11.0. The first-order chi connectivity index (χ1) is 20.3. The Balaban J connectivity index is 0.00000237. The molecular weight excluding hydrogens is 619 g/mol. The molecule has 7 atom stereocenters. The molecule has 0 radical (unpaired) electrons. The first-order valence-corrected chi connectivity index (χ1v) is 26.4. The minimum absolute atomic E-state index is 0.563. The van der Waals surface area contributed by atoms with Crippen molar-refractivity contribution < 1.29 is 0 Å². The van der Waals surface area contributed by atoms with Gasteiger partial charge in [0.15, 0.2) is 0 Å². The SMILES string of the molecule is CC.CCC[CH2][Sn]([CH2]CCC)([CH2]CCC)[N](N)/C(CCCC1CCC2C3CCC4CCCCC4(C)C3CCC12C)=N\N. The molecular formula is C37H74N4Sn. The molecule has 246 valence electrons. The van der Waals surface area contributed by atoms with Gasteiger partial charge in [-0.2, -0.15) is 0 Å². The van der Waals surface area contributed by atoms with E-state index in [9.17, 15) is 0 Å². The van der Waals surface area contributed by atoms with Gasteiger partial charge < -0.3 is 0 Å². The zero-order chi connectivity index (χ0) is 30.8. The van der Waals surface area contributed by atoms with Crippen LogP contribution in [0.25, 0.3) is 0 Å². The van der Waals surface area contributed by atoms with Crippen LogP contribution in [0.4, 0.5) is 0 Å². The fourth-order valence-electron chi connectivity index (χ4n) is 11.2. The van der Waals surface area contributed by atoms with Gasteiger partial charge in [-0.3, -0.25) is 0 Å². The summed E-state index contributed by atoms with van der Waals surface area (Å²) >= 11 is -2.74. The molecule has 4 aliphatic rings. The van der Waals surface area contributed by atoms with E-state index in [0.717, 1.165) is 41.8 Å². The third kappa shape index (κ3) is 7.69. The number of hydrogen-bond acceptors (Lipinski definition) is 3. The second kappa shape index (κ2) is 17.1. The van der Waals surface area contributed by atoms with Crippen LogP contribution in [0.3, 0.4) is 0 Å². The van der Waals surface area contributed by atoms with E-state index < -0.39 is 18.7 Å². The zero-order valence-corrected chi connectivity index (χ0v) is 32.3. The molecule has 4 nitrogen and oxygen atoms in total. The van der Waals surface area contributed by atoms with Crippen LogP contribution >= 0.6 is 0 Å². The van der Waals surface area contributed by atoms with E-state index in [-0.39, 0.29) is 0 Å². The molecule has 4 fully saturated rings. The second-order valence-electron chi connectivity index (χ2n) is 15.6. The summed E-state index contributed by atoms with van der Waals surface area (Å²) in [7, 11) is 0. The third-order valence-corrected chi connectivity index (χ3v) is 28.3. The number of fused-ring (bicyclic) bond motifs is 5. The van der Waals surface area contributed by atoms with Gasteiger partial charge in [-0.05, 0) is 6.42 Å². The van der Waals surface area contributed by atoms with Gasteiger partial charge in [0.05, 0.1) is 0 Å². The fraction of sp³-hybridized carbons (Fsp3) is 0.973. The van der Waals surface area contributed by atoms with Crippen LogP contribution < -0.4 is 11.7 Å². The van der Waals surface area contributed by atoms with Crippen LogP contribution in [0.5, 0.6) is 0 Å². The molecule has 42 heavy (non-hydrogen) atoms. The molecule has 4 saturated carbocycles. The van der Waals surface area contributed by atoms with Gasteiger partial charge in [-0.1, -0.05) is 26.7 Å². The van der Waals surface area contributed by atoms with Crippen LogP contribution in [0.15, 0.2) is 5.10 Å². The Morgan fingerprint density at radius 1 is 0.762 bits per heavy atom. The molecule has 0 heterocycles. The standard InChI is InChI=1S/C23H41N4.3C4H9.C2H6.Sn/c1-22-14-4-3-6-16(22)9-11-18-19-12-10-17(7-5-8-21(26-24)27-25)23(19,2)15-13-20(18)22;3*1-3-4-2;1-2;/h16-20H,3-15,24-25H2,1-2H3;3*1,3-4H2,2H3;1-2H3;/q-1;;;;;+1. The topological polar surface area (TPSA) is 67.6 Å². The summed E-state index contributed by atoms with van der Waals surface area (Å²) in [6.07, 6.45) is 26.3. The molecule has 0 aliphatic heterocycles. The molecule has 0 spiro atoms. The Morgan fingerprint density at radius 2 is 1.38 bits per heavy atom. The molecule has 0 saturated heterocycles. The van der Waals surface area contributed by atoms with Gasteiger partial charge in [-0.25, -0.2) is 0 Å². The van der Waals surface area contributed by atoms with Crippen LogP contribution in [-0.2, 0) is 0 Å². The zero-order valence-electron chi connectivity index (χ0n) is 29.5. The molecule has 4 rings (SSSR count). The van der Waals surface area contributed by atoms with E-state index in [1.807, 2.05) is 13.8 Å². The third-order valence-electron chi connectivity index (χ3n) is 13.7. The van der Waals surface area contributed by atoms with E-state index in [1.165, 1.54) is 129 Å². The van der Waals surface area contributed by atoms with Gasteiger partial charge in [0.25, 0.3) is 0 Å². The first-order valence-electron chi connectivity index (χ1n) is 19.1. The van der Waals surface area contributed by atoms with Crippen LogP contribution in [0.1, 0.15) is 170 Å². The van der Waals surface area contributed by atoms with Crippen molar-refractivity contribution in [3.05, 3.63) is 0 Å². The van der Waals surface area contributed by atoms with Crippen molar-refractivity contribution >= 4 is 24.5 Å². The van der Waals surface area contributed by atoms with Gasteiger partial charge in [0.2, 0.25) is 0 Å². The van der Waals surface area contributed by atoms with Crippen LogP contribution in [-0.4, -0.2) is 27.7 Å². The van der Waals surface area contributed by atoms with E-state index in [2.05, 4.69) is 43.0 Å². The van der Waals surface area contributed by atoms with E-state index in [4.69, 9.17) is 11.7 Å². The van der Waals surface area contributed by atoms with Gasteiger partial charge >= 0.3 is 236 Å². The van der Waals surface area contributed by atoms with Crippen molar-refractivity contribution in [2.24, 2.45) is 57.2 Å². The number of hydrogen-bond donors (Lipinski definition) is 2. The summed E-state index contributed by atoms with van der Waals surface area (Å²) in [5.41, 5.74) is 1.22. The average molecular weight is 694 g/mol. The Morgan fingerprint density at radius 3 is 1.98 bits per heavy atom. The monoisotopic (exact) mass is 694 g/mol. The molecule has 7 unspecified atom stereocenters. The molecule has 5 heteroatoms. The Hall–Kier alpha value is 0.0287. The molecule has 0 aromatic carbocycles. The number of nitrogens with zero attached hydrogens (tertiary/aromatic N) is 2. The van der Waals surface area contributed by atoms with Gasteiger partial charge in [0, 0.05) is 0 Å². The summed E-state index contributed by atoms with van der Waals surface area (Å²) in [6.45, 7) is 16.4. The van der Waals surface area contributed by atoms with Gasteiger partial charge in [0.1, 0.15) is 0 Å². The normalized spacial score (nSPS) is 34.6. The summed E-state index contributed by atoms with van der Waals surface area (Å²) < 4.78 is 6.39. The van der Waals surface area contributed by atoms with Crippen molar-refractivity contribution in [2.45, 2.75) is 184 Å². The molecule has 0 aromatic heterocycles. The number of unbranched alkanes of at least 4 members (excludes halogenated alkanes) is 3. The maximum atomic E-state index is 7.11. The predicted molar refractivity (Wildman–Crippen MR) is 188 cm³/mol. The summed E-state index contributed by atoms with van der Waals surface area (Å²) in [6, 6.07) is 0. The number of hydrazone groups is 1. The Labute approximate surface area is 267 Å². The second-order valence-corrected chi connectivity index (χ2v) is 28.2. The number of hydrazine groups is 1. The fourth-order valence-corrected chi connectivity index (χ4v) is 26.1. The minimum atomic E-state index is -2.74. The molecule has 0 amide bonds. The van der Waals surface area contributed by atoms with Crippen LogP contribution in [0.2, 0.25) is 13.3 Å². The van der Waals surface area contributed by atoms with Gasteiger partial charge in [-0.15, -0.1) is 0 Å². The summed E-state index contributed by atoms with van der Waals surface area (Å²) in [4.78, 5) is 0. The van der Waals surface area contributed by atoms with E-state index in [1.54, 1.807) is 0 Å². The van der Waals surface area contributed by atoms with Crippen molar-refractivity contribution in [3.63, 3.8) is 0 Å². The maximum absolute atomic E-state index is 7.11. The van der Waals surface area contributed by atoms with Crippen LogP contribution in [0, 0.1) is 40.4 Å². The molecule has 0 bridgehead atoms. The van der Waals surface area contributed by atoms with E-state index in [0.29, 0.717) is 10.8 Å². The number of nitrogens with two attached hydrogens (primary N) is 2. The number of rotatable bonds is 14. The summed E-state index contributed by atoms with van der Waals surface area (Å²) in [5.74, 6) is 19.2. The quantitative estimate of drug-likeness (QED) is 0.0626. The number of amidine groups is 1. The van der Waals surface area contributed by atoms with Crippen molar-refractivity contribution in [2.75, 3.05) is 0 Å². The molecule has 4 N–H and O–H groups in total.